The van der Waals surface area contributed by atoms with Gasteiger partial charge in [0.15, 0.2) is 0 Å². The standard InChI is InChI=1S/C25H25ClFN5O/c1-15-11-16(2)31(29-15)13-19-7-5-8-20(12-19)25(33)28-24-17(3)30-32(18(24)4)14-21-22(26)9-6-10-23(21)27/h5-12H,13-14H2,1-4H3,(H,28,33). The van der Waals surface area contributed by atoms with Crippen molar-refractivity contribution in [1.29, 1.82) is 0 Å². The van der Waals surface area contributed by atoms with Crippen molar-refractivity contribution in [3.8, 4) is 0 Å². The molecule has 0 fully saturated rings. The van der Waals surface area contributed by atoms with Gasteiger partial charge in [-0.25, -0.2) is 4.39 Å². The molecule has 4 rings (SSSR count). The molecule has 0 saturated carbocycles. The quantitative estimate of drug-likeness (QED) is 0.411. The first-order valence-electron chi connectivity index (χ1n) is 10.6. The topological polar surface area (TPSA) is 64.7 Å². The van der Waals surface area contributed by atoms with Gasteiger partial charge in [0.2, 0.25) is 0 Å². The molecule has 1 N–H and O–H groups in total. The van der Waals surface area contributed by atoms with Crippen LogP contribution in [-0.4, -0.2) is 25.5 Å². The Hall–Kier alpha value is -3.45. The molecule has 1 amide bonds. The van der Waals surface area contributed by atoms with E-state index >= 15 is 0 Å². The number of halogens is 2. The number of anilines is 1. The summed E-state index contributed by atoms with van der Waals surface area (Å²) in [6.07, 6.45) is 0. The SMILES string of the molecule is Cc1cc(C)n(Cc2cccc(C(=O)Nc3c(C)nn(Cc4c(F)cccc4Cl)c3C)c2)n1. The smallest absolute Gasteiger partial charge is 0.255 e. The van der Waals surface area contributed by atoms with E-state index in [9.17, 15) is 9.18 Å². The molecule has 170 valence electrons. The van der Waals surface area contributed by atoms with Gasteiger partial charge in [0.05, 0.1) is 35.9 Å². The van der Waals surface area contributed by atoms with Crippen molar-refractivity contribution in [2.45, 2.75) is 40.8 Å². The fourth-order valence-corrected chi connectivity index (χ4v) is 4.09. The van der Waals surface area contributed by atoms with Crippen LogP contribution in [0.4, 0.5) is 10.1 Å². The molecule has 0 bridgehead atoms. The van der Waals surface area contributed by atoms with E-state index in [1.165, 1.54) is 6.07 Å². The summed E-state index contributed by atoms with van der Waals surface area (Å²) in [7, 11) is 0. The number of aromatic nitrogens is 4. The predicted octanol–water partition coefficient (Wildman–Crippen LogP) is 5.45. The van der Waals surface area contributed by atoms with Crippen molar-refractivity contribution in [2.24, 2.45) is 0 Å². The van der Waals surface area contributed by atoms with Crippen LogP contribution in [0.2, 0.25) is 5.02 Å². The highest BCUT2D eigenvalue weighted by atomic mass is 35.5. The van der Waals surface area contributed by atoms with Crippen molar-refractivity contribution in [3.05, 3.63) is 98.8 Å². The van der Waals surface area contributed by atoms with Crippen LogP contribution in [0.3, 0.4) is 0 Å². The number of carbonyl (C=O) groups is 1. The highest BCUT2D eigenvalue weighted by molar-refractivity contribution is 6.31. The summed E-state index contributed by atoms with van der Waals surface area (Å²) in [6.45, 7) is 8.36. The van der Waals surface area contributed by atoms with E-state index in [4.69, 9.17) is 11.6 Å². The van der Waals surface area contributed by atoms with E-state index in [0.717, 1.165) is 22.6 Å². The van der Waals surface area contributed by atoms with Crippen LogP contribution in [0.5, 0.6) is 0 Å². The first-order chi connectivity index (χ1) is 15.7. The third-order valence-electron chi connectivity index (χ3n) is 5.61. The van der Waals surface area contributed by atoms with E-state index in [2.05, 4.69) is 15.5 Å². The van der Waals surface area contributed by atoms with E-state index < -0.39 is 0 Å². The molecule has 2 aromatic heterocycles. The summed E-state index contributed by atoms with van der Waals surface area (Å²) < 4.78 is 17.8. The van der Waals surface area contributed by atoms with Crippen LogP contribution in [-0.2, 0) is 13.1 Å². The van der Waals surface area contributed by atoms with Gasteiger partial charge in [0.1, 0.15) is 5.82 Å². The number of hydrogen-bond donors (Lipinski definition) is 1. The Labute approximate surface area is 197 Å². The monoisotopic (exact) mass is 465 g/mol. The fraction of sp³-hybridized carbons (Fsp3) is 0.240. The Morgan fingerprint density at radius 2 is 1.76 bits per heavy atom. The van der Waals surface area contributed by atoms with Gasteiger partial charge in [-0.2, -0.15) is 10.2 Å². The minimum absolute atomic E-state index is 0.173. The summed E-state index contributed by atoms with van der Waals surface area (Å²) in [5, 5.41) is 12.3. The van der Waals surface area contributed by atoms with Gasteiger partial charge in [-0.15, -0.1) is 0 Å². The Morgan fingerprint density at radius 3 is 2.45 bits per heavy atom. The molecule has 8 heteroatoms. The first kappa shape index (κ1) is 22.7. The van der Waals surface area contributed by atoms with E-state index in [-0.39, 0.29) is 18.3 Å². The summed E-state index contributed by atoms with van der Waals surface area (Å²) in [5.74, 6) is -0.625. The number of rotatable bonds is 6. The summed E-state index contributed by atoms with van der Waals surface area (Å²) in [4.78, 5) is 13.0. The minimum Gasteiger partial charge on any atom is -0.319 e. The third-order valence-corrected chi connectivity index (χ3v) is 5.97. The van der Waals surface area contributed by atoms with Gasteiger partial charge in [-0.05, 0) is 63.6 Å². The number of carbonyl (C=O) groups excluding carboxylic acids is 1. The van der Waals surface area contributed by atoms with Crippen LogP contribution < -0.4 is 5.32 Å². The third kappa shape index (κ3) is 4.83. The van der Waals surface area contributed by atoms with Crippen molar-refractivity contribution in [3.63, 3.8) is 0 Å². The molecule has 0 saturated heterocycles. The Bertz CT molecular complexity index is 1320. The van der Waals surface area contributed by atoms with Gasteiger partial charge in [0.25, 0.3) is 5.91 Å². The zero-order chi connectivity index (χ0) is 23.7. The molecule has 0 atom stereocenters. The maximum Gasteiger partial charge on any atom is 0.255 e. The maximum absolute atomic E-state index is 14.2. The highest BCUT2D eigenvalue weighted by Gasteiger charge is 2.18. The maximum atomic E-state index is 14.2. The number of hydrogen-bond acceptors (Lipinski definition) is 3. The molecule has 2 aromatic carbocycles. The zero-order valence-electron chi connectivity index (χ0n) is 19.0. The molecule has 0 aliphatic heterocycles. The van der Waals surface area contributed by atoms with Crippen LogP contribution in [0.1, 0.15) is 44.3 Å². The molecule has 0 aliphatic rings. The number of amides is 1. The van der Waals surface area contributed by atoms with Crippen LogP contribution in [0.15, 0.2) is 48.5 Å². The highest BCUT2D eigenvalue weighted by Crippen LogP contribution is 2.25. The number of nitrogens with zero attached hydrogens (tertiary/aromatic N) is 4. The van der Waals surface area contributed by atoms with Gasteiger partial charge in [0, 0.05) is 21.8 Å². The lowest BCUT2D eigenvalue weighted by Gasteiger charge is -2.10. The minimum atomic E-state index is -0.389. The molecular formula is C25H25ClFN5O. The number of benzene rings is 2. The van der Waals surface area contributed by atoms with Crippen molar-refractivity contribution in [1.82, 2.24) is 19.6 Å². The van der Waals surface area contributed by atoms with E-state index in [0.29, 0.717) is 34.1 Å². The van der Waals surface area contributed by atoms with Crippen molar-refractivity contribution >= 4 is 23.2 Å². The molecular weight excluding hydrogens is 441 g/mol. The molecule has 4 aromatic rings. The molecule has 0 aliphatic carbocycles. The summed E-state index contributed by atoms with van der Waals surface area (Å²) in [5.41, 5.74) is 5.88. The van der Waals surface area contributed by atoms with E-state index in [1.54, 1.807) is 29.8 Å². The van der Waals surface area contributed by atoms with Crippen molar-refractivity contribution in [2.75, 3.05) is 5.32 Å². The normalized spacial score (nSPS) is 11.1. The molecule has 2 heterocycles. The first-order valence-corrected chi connectivity index (χ1v) is 11.0. The van der Waals surface area contributed by atoms with Gasteiger partial charge in [-0.3, -0.25) is 14.2 Å². The predicted molar refractivity (Wildman–Crippen MR) is 127 cm³/mol. The average molecular weight is 466 g/mol. The second kappa shape index (κ2) is 9.19. The average Bonchev–Trinajstić information content (AvgIpc) is 3.22. The Kier molecular flexibility index (Phi) is 6.33. The largest absolute Gasteiger partial charge is 0.319 e. The second-order valence-corrected chi connectivity index (χ2v) is 8.55. The Balaban J connectivity index is 1.54. The van der Waals surface area contributed by atoms with E-state index in [1.807, 2.05) is 49.7 Å². The lowest BCUT2D eigenvalue weighted by Crippen LogP contribution is -2.14. The fourth-order valence-electron chi connectivity index (χ4n) is 3.87. The molecule has 33 heavy (non-hydrogen) atoms. The second-order valence-electron chi connectivity index (χ2n) is 8.14. The summed E-state index contributed by atoms with van der Waals surface area (Å²) in [6, 6.07) is 14.1. The summed E-state index contributed by atoms with van der Waals surface area (Å²) >= 11 is 6.17. The molecule has 0 spiro atoms. The van der Waals surface area contributed by atoms with Gasteiger partial charge < -0.3 is 5.32 Å². The molecule has 0 radical (unpaired) electrons. The lowest BCUT2D eigenvalue weighted by atomic mass is 10.1. The molecule has 0 unspecified atom stereocenters. The number of aryl methyl sites for hydroxylation is 3. The Morgan fingerprint density at radius 1 is 1.00 bits per heavy atom. The van der Waals surface area contributed by atoms with Gasteiger partial charge >= 0.3 is 0 Å². The van der Waals surface area contributed by atoms with Crippen LogP contribution in [0, 0.1) is 33.5 Å². The van der Waals surface area contributed by atoms with Crippen molar-refractivity contribution < 1.29 is 9.18 Å². The van der Waals surface area contributed by atoms with Gasteiger partial charge in [-0.1, -0.05) is 29.8 Å². The van der Waals surface area contributed by atoms with Crippen LogP contribution >= 0.6 is 11.6 Å². The zero-order valence-corrected chi connectivity index (χ0v) is 19.7. The number of nitrogens with one attached hydrogen (secondary N) is 1. The lowest BCUT2D eigenvalue weighted by molar-refractivity contribution is 0.102. The van der Waals surface area contributed by atoms with Crippen LogP contribution in [0.25, 0.3) is 0 Å². The molecule has 6 nitrogen and oxygen atoms in total.